The fourth-order valence-electron chi connectivity index (χ4n) is 3.44. The number of rotatable bonds is 10. The Morgan fingerprint density at radius 2 is 1.86 bits per heavy atom. The predicted octanol–water partition coefficient (Wildman–Crippen LogP) is 4.29. The smallest absolute Gasteiger partial charge is 0.258 e. The lowest BCUT2D eigenvalue weighted by Crippen LogP contribution is -2.29. The number of hydrogen-bond acceptors (Lipinski definition) is 6. The molecule has 2 amide bonds. The highest BCUT2D eigenvalue weighted by atomic mass is 32.2. The fraction of sp³-hybridized carbons (Fsp3) is 0.385. The summed E-state index contributed by atoms with van der Waals surface area (Å²) in [6, 6.07) is 11.8. The number of benzene rings is 2. The number of ether oxygens (including phenoxy) is 1. The lowest BCUT2D eigenvalue weighted by atomic mass is 10.0. The minimum atomic E-state index is -0.244. The van der Waals surface area contributed by atoms with Crippen LogP contribution in [0.25, 0.3) is 0 Å². The summed E-state index contributed by atoms with van der Waals surface area (Å²) in [5.41, 5.74) is 5.14. The van der Waals surface area contributed by atoms with Gasteiger partial charge in [0.25, 0.3) is 5.91 Å². The molecule has 0 atom stereocenters. The van der Waals surface area contributed by atoms with Gasteiger partial charge >= 0.3 is 0 Å². The lowest BCUT2D eigenvalue weighted by molar-refractivity contribution is -0.123. The SMILES string of the molecule is Cc1ccc(C(C)C)c(OCC(=O)NCc2nnc(SCC(=O)Nc3cccc(C)c3C)n2C)c1. The summed E-state index contributed by atoms with van der Waals surface area (Å²) in [6.45, 7) is 10.3. The molecule has 1 heterocycles. The molecule has 0 spiro atoms. The standard InChI is InChI=1S/C26H33N5O3S/c1-16(2)20-11-10-17(3)12-22(20)34-14-24(32)27-13-23-29-30-26(31(23)6)35-15-25(33)28-21-9-7-8-18(4)19(21)5/h7-12,16H,13-15H2,1-6H3,(H,27,32)(H,28,33). The van der Waals surface area contributed by atoms with Crippen molar-refractivity contribution < 1.29 is 14.3 Å². The van der Waals surface area contributed by atoms with Gasteiger partial charge in [0.15, 0.2) is 17.6 Å². The van der Waals surface area contributed by atoms with Crippen molar-refractivity contribution in [3.05, 3.63) is 64.5 Å². The Morgan fingerprint density at radius 3 is 2.60 bits per heavy atom. The molecule has 3 rings (SSSR count). The van der Waals surface area contributed by atoms with E-state index in [-0.39, 0.29) is 30.7 Å². The third kappa shape index (κ3) is 7.08. The summed E-state index contributed by atoms with van der Waals surface area (Å²) in [6.07, 6.45) is 0. The third-order valence-electron chi connectivity index (χ3n) is 5.73. The number of carbonyl (C=O) groups excluding carboxylic acids is 2. The molecule has 9 heteroatoms. The second-order valence-corrected chi connectivity index (χ2v) is 9.75. The first-order chi connectivity index (χ1) is 16.7. The average molecular weight is 496 g/mol. The third-order valence-corrected chi connectivity index (χ3v) is 6.75. The number of hydrogen-bond donors (Lipinski definition) is 2. The molecule has 0 aliphatic carbocycles. The maximum absolute atomic E-state index is 12.4. The van der Waals surface area contributed by atoms with Gasteiger partial charge in [-0.1, -0.05) is 49.9 Å². The minimum absolute atomic E-state index is 0.0822. The molecule has 0 bridgehead atoms. The Labute approximate surface area is 210 Å². The molecular formula is C26H33N5O3S. The highest BCUT2D eigenvalue weighted by Gasteiger charge is 2.14. The summed E-state index contributed by atoms with van der Waals surface area (Å²) >= 11 is 1.29. The number of aromatic nitrogens is 3. The molecule has 1 aromatic heterocycles. The van der Waals surface area contributed by atoms with E-state index >= 15 is 0 Å². The Morgan fingerprint density at radius 1 is 1.09 bits per heavy atom. The van der Waals surface area contributed by atoms with E-state index < -0.39 is 0 Å². The minimum Gasteiger partial charge on any atom is -0.483 e. The van der Waals surface area contributed by atoms with Crippen molar-refractivity contribution in [3.63, 3.8) is 0 Å². The second-order valence-electron chi connectivity index (χ2n) is 8.80. The Bertz CT molecular complexity index is 1210. The van der Waals surface area contributed by atoms with E-state index in [1.54, 1.807) is 4.57 Å². The molecule has 0 radical (unpaired) electrons. The van der Waals surface area contributed by atoms with Crippen molar-refractivity contribution in [1.29, 1.82) is 0 Å². The molecule has 0 saturated heterocycles. The summed E-state index contributed by atoms with van der Waals surface area (Å²) < 4.78 is 7.56. The van der Waals surface area contributed by atoms with Crippen molar-refractivity contribution in [2.24, 2.45) is 7.05 Å². The molecule has 0 aliphatic heterocycles. The molecule has 2 aromatic carbocycles. The van der Waals surface area contributed by atoms with Crippen LogP contribution in [0.1, 0.15) is 47.8 Å². The summed E-state index contributed by atoms with van der Waals surface area (Å²) in [7, 11) is 1.81. The first-order valence-corrected chi connectivity index (χ1v) is 12.5. The van der Waals surface area contributed by atoms with Crippen LogP contribution in [0.15, 0.2) is 41.6 Å². The zero-order valence-electron chi connectivity index (χ0n) is 21.1. The van der Waals surface area contributed by atoms with Crippen LogP contribution in [0.2, 0.25) is 0 Å². The van der Waals surface area contributed by atoms with E-state index in [0.717, 1.165) is 33.7 Å². The topological polar surface area (TPSA) is 98.1 Å². The molecule has 3 aromatic rings. The van der Waals surface area contributed by atoms with Gasteiger partial charge in [-0.05, 0) is 61.1 Å². The van der Waals surface area contributed by atoms with Gasteiger partial charge in [0, 0.05) is 12.7 Å². The van der Waals surface area contributed by atoms with Crippen LogP contribution in [0.3, 0.4) is 0 Å². The largest absolute Gasteiger partial charge is 0.483 e. The zero-order valence-corrected chi connectivity index (χ0v) is 22.0. The molecule has 186 valence electrons. The van der Waals surface area contributed by atoms with E-state index in [0.29, 0.717) is 16.9 Å². The van der Waals surface area contributed by atoms with E-state index in [1.807, 2.05) is 64.2 Å². The molecule has 0 aliphatic rings. The summed E-state index contributed by atoms with van der Waals surface area (Å²) in [5.74, 6) is 1.46. The second kappa shape index (κ2) is 11.9. The first kappa shape index (κ1) is 26.3. The number of amides is 2. The number of carbonyl (C=O) groups is 2. The Hall–Kier alpha value is -3.33. The van der Waals surface area contributed by atoms with E-state index in [4.69, 9.17) is 4.74 Å². The first-order valence-electron chi connectivity index (χ1n) is 11.5. The van der Waals surface area contributed by atoms with E-state index in [1.165, 1.54) is 11.8 Å². The van der Waals surface area contributed by atoms with Gasteiger partial charge in [0.1, 0.15) is 5.75 Å². The lowest BCUT2D eigenvalue weighted by Gasteiger charge is -2.14. The summed E-state index contributed by atoms with van der Waals surface area (Å²) in [5, 5.41) is 14.7. The van der Waals surface area contributed by atoms with Gasteiger partial charge < -0.3 is 19.9 Å². The van der Waals surface area contributed by atoms with Crippen LogP contribution >= 0.6 is 11.8 Å². The highest BCUT2D eigenvalue weighted by molar-refractivity contribution is 7.99. The van der Waals surface area contributed by atoms with E-state index in [9.17, 15) is 9.59 Å². The van der Waals surface area contributed by atoms with Crippen molar-refractivity contribution >= 4 is 29.3 Å². The van der Waals surface area contributed by atoms with Crippen molar-refractivity contribution in [2.75, 3.05) is 17.7 Å². The predicted molar refractivity (Wildman–Crippen MR) is 139 cm³/mol. The number of aryl methyl sites for hydroxylation is 2. The quantitative estimate of drug-likeness (QED) is 0.407. The molecule has 0 unspecified atom stereocenters. The number of anilines is 1. The van der Waals surface area contributed by atoms with Gasteiger partial charge in [0.05, 0.1) is 12.3 Å². The van der Waals surface area contributed by atoms with E-state index in [2.05, 4.69) is 34.7 Å². The van der Waals surface area contributed by atoms with Gasteiger partial charge in [-0.25, -0.2) is 0 Å². The number of nitrogens with zero attached hydrogens (tertiary/aromatic N) is 3. The Balaban J connectivity index is 1.49. The van der Waals surface area contributed by atoms with Crippen LogP contribution in [0, 0.1) is 20.8 Å². The fourth-order valence-corrected chi connectivity index (χ4v) is 4.17. The van der Waals surface area contributed by atoms with Crippen molar-refractivity contribution in [1.82, 2.24) is 20.1 Å². The van der Waals surface area contributed by atoms with Gasteiger partial charge in [-0.3, -0.25) is 9.59 Å². The van der Waals surface area contributed by atoms with Crippen LogP contribution in [-0.2, 0) is 23.2 Å². The molecule has 2 N–H and O–H groups in total. The molecule has 0 saturated carbocycles. The number of nitrogens with one attached hydrogen (secondary N) is 2. The number of thioether (sulfide) groups is 1. The normalized spacial score (nSPS) is 10.9. The van der Waals surface area contributed by atoms with Crippen LogP contribution < -0.4 is 15.4 Å². The van der Waals surface area contributed by atoms with Gasteiger partial charge in [-0.15, -0.1) is 10.2 Å². The maximum atomic E-state index is 12.4. The van der Waals surface area contributed by atoms with Crippen molar-refractivity contribution in [3.8, 4) is 5.75 Å². The monoisotopic (exact) mass is 495 g/mol. The van der Waals surface area contributed by atoms with Crippen LogP contribution in [-0.4, -0.2) is 38.9 Å². The van der Waals surface area contributed by atoms with Crippen molar-refractivity contribution in [2.45, 2.75) is 52.2 Å². The van der Waals surface area contributed by atoms with Gasteiger partial charge in [-0.2, -0.15) is 0 Å². The highest BCUT2D eigenvalue weighted by Crippen LogP contribution is 2.27. The zero-order chi connectivity index (χ0) is 25.5. The van der Waals surface area contributed by atoms with Crippen LogP contribution in [0.5, 0.6) is 5.75 Å². The molecule has 0 fully saturated rings. The Kier molecular flexibility index (Phi) is 8.92. The van der Waals surface area contributed by atoms with Gasteiger partial charge in [0.2, 0.25) is 5.91 Å². The van der Waals surface area contributed by atoms with Crippen LogP contribution in [0.4, 0.5) is 5.69 Å². The molecule has 35 heavy (non-hydrogen) atoms. The maximum Gasteiger partial charge on any atom is 0.258 e. The summed E-state index contributed by atoms with van der Waals surface area (Å²) in [4.78, 5) is 24.8. The average Bonchev–Trinajstić information content (AvgIpc) is 3.17. The molecular weight excluding hydrogens is 462 g/mol. The molecule has 8 nitrogen and oxygen atoms in total.